The molecule has 1 N–H and O–H groups in total. The molecule has 0 bridgehead atoms. The highest BCUT2D eigenvalue weighted by Gasteiger charge is 2.15. The highest BCUT2D eigenvalue weighted by molar-refractivity contribution is 7.86. The summed E-state index contributed by atoms with van der Waals surface area (Å²) in [5, 5.41) is 12.5. The Morgan fingerprint density at radius 3 is 2.41 bits per heavy atom. The third-order valence-corrected chi connectivity index (χ3v) is 2.63. The first-order chi connectivity index (χ1) is 7.71. The first-order valence-electron chi connectivity index (χ1n) is 4.24. The maximum Gasteiger partial charge on any atom is 0.270 e. The molecule has 17 heavy (non-hydrogen) atoms. The summed E-state index contributed by atoms with van der Waals surface area (Å²) in [4.78, 5) is 19.5. The predicted octanol–water partition coefficient (Wildman–Crippen LogP) is 0.457. The first-order valence-corrected chi connectivity index (χ1v) is 5.64. The van der Waals surface area contributed by atoms with E-state index >= 15 is 0 Å². The number of nitro benzene ring substituents is 1. The molecule has 1 rings (SSSR count). The molecule has 0 atom stereocenters. The number of anilines is 1. The molecule has 0 saturated heterocycles. The van der Waals surface area contributed by atoms with Crippen molar-refractivity contribution in [3.05, 3.63) is 28.3 Å². The van der Waals surface area contributed by atoms with E-state index in [1.807, 2.05) is 0 Å². The molecule has 0 saturated carbocycles. The van der Waals surface area contributed by atoms with Crippen molar-refractivity contribution in [2.24, 2.45) is 0 Å². The lowest BCUT2D eigenvalue weighted by molar-refractivity contribution is -0.385. The van der Waals surface area contributed by atoms with Crippen molar-refractivity contribution in [1.82, 2.24) is 0 Å². The zero-order valence-corrected chi connectivity index (χ0v) is 9.35. The molecule has 0 aromatic heterocycles. The maximum atomic E-state index is 10.9. The van der Waals surface area contributed by atoms with Gasteiger partial charge in [-0.1, -0.05) is 0 Å². The Kier molecular flexibility index (Phi) is 3.44. The average Bonchev–Trinajstić information content (AvgIpc) is 2.15. The number of benzene rings is 1. The molecule has 0 radical (unpaired) electrons. The van der Waals surface area contributed by atoms with E-state index in [4.69, 9.17) is 0 Å². The van der Waals surface area contributed by atoms with Gasteiger partial charge in [-0.3, -0.25) is 14.9 Å². The van der Waals surface area contributed by atoms with E-state index in [1.54, 1.807) is 0 Å². The number of non-ortho nitro benzene ring substituents is 1. The maximum absolute atomic E-state index is 10.9. The number of hydrogen-bond donors (Lipinski definition) is 1. The van der Waals surface area contributed by atoms with Crippen molar-refractivity contribution in [3.8, 4) is 0 Å². The SMILES string of the molecule is CC(=O)Nc1ccc([N+](=O)[O-])cc1S(=O)(=O)[O-]. The lowest BCUT2D eigenvalue weighted by Crippen LogP contribution is -2.11. The van der Waals surface area contributed by atoms with Gasteiger partial charge in [0.25, 0.3) is 5.69 Å². The normalized spacial score (nSPS) is 10.9. The summed E-state index contributed by atoms with van der Waals surface area (Å²) in [6, 6.07) is 2.58. The molecule has 0 aliphatic heterocycles. The summed E-state index contributed by atoms with van der Waals surface area (Å²) in [5.41, 5.74) is -0.827. The fourth-order valence-corrected chi connectivity index (χ4v) is 1.78. The summed E-state index contributed by atoms with van der Waals surface area (Å²) in [5.74, 6) is -0.594. The Morgan fingerprint density at radius 2 is 2.00 bits per heavy atom. The van der Waals surface area contributed by atoms with E-state index in [0.29, 0.717) is 6.07 Å². The van der Waals surface area contributed by atoms with Crippen LogP contribution in [0.1, 0.15) is 6.92 Å². The summed E-state index contributed by atoms with van der Waals surface area (Å²) < 4.78 is 32.6. The van der Waals surface area contributed by atoms with Gasteiger partial charge in [-0.25, -0.2) is 8.42 Å². The number of nitrogens with zero attached hydrogens (tertiary/aromatic N) is 1. The van der Waals surface area contributed by atoms with E-state index in [2.05, 4.69) is 5.32 Å². The number of nitro groups is 1. The first kappa shape index (κ1) is 13.1. The number of carbonyl (C=O) groups is 1. The standard InChI is InChI=1S/C8H8N2O6S/c1-5(11)9-7-3-2-6(10(12)13)4-8(7)17(14,15)16/h2-4H,1H3,(H,9,11)(H,14,15,16)/p-1. The van der Waals surface area contributed by atoms with Crippen molar-refractivity contribution >= 4 is 27.4 Å². The van der Waals surface area contributed by atoms with Gasteiger partial charge in [0.05, 0.1) is 15.5 Å². The van der Waals surface area contributed by atoms with Crippen molar-refractivity contribution in [2.75, 3.05) is 5.32 Å². The van der Waals surface area contributed by atoms with Gasteiger partial charge in [0.1, 0.15) is 10.1 Å². The largest absolute Gasteiger partial charge is 0.744 e. The van der Waals surface area contributed by atoms with Crippen LogP contribution in [-0.2, 0) is 14.9 Å². The Hall–Kier alpha value is -2.00. The molecule has 0 spiro atoms. The van der Waals surface area contributed by atoms with Gasteiger partial charge in [0.15, 0.2) is 0 Å². The van der Waals surface area contributed by atoms with Gasteiger partial charge in [-0.2, -0.15) is 0 Å². The molecule has 9 heteroatoms. The molecule has 1 aromatic rings. The minimum Gasteiger partial charge on any atom is -0.744 e. The Labute approximate surface area is 96.2 Å². The lowest BCUT2D eigenvalue weighted by Gasteiger charge is -2.12. The number of carbonyl (C=O) groups excluding carboxylic acids is 1. The van der Waals surface area contributed by atoms with Crippen LogP contribution in [0.5, 0.6) is 0 Å². The minimum absolute atomic E-state index is 0.280. The van der Waals surface area contributed by atoms with Gasteiger partial charge >= 0.3 is 0 Å². The number of hydrogen-bond acceptors (Lipinski definition) is 6. The second-order valence-electron chi connectivity index (χ2n) is 3.07. The Bertz CT molecular complexity index is 580. The van der Waals surface area contributed by atoms with Gasteiger partial charge in [-0.05, 0) is 6.07 Å². The van der Waals surface area contributed by atoms with Crippen LogP contribution in [0.15, 0.2) is 23.1 Å². The third-order valence-electron chi connectivity index (χ3n) is 1.76. The van der Waals surface area contributed by atoms with E-state index in [9.17, 15) is 27.9 Å². The molecule has 92 valence electrons. The molecular formula is C8H7N2O6S-. The molecule has 1 amide bonds. The fraction of sp³-hybridized carbons (Fsp3) is 0.125. The van der Waals surface area contributed by atoms with Crippen molar-refractivity contribution in [1.29, 1.82) is 0 Å². The summed E-state index contributed by atoms with van der Waals surface area (Å²) in [7, 11) is -4.90. The smallest absolute Gasteiger partial charge is 0.270 e. The number of amides is 1. The van der Waals surface area contributed by atoms with Crippen molar-refractivity contribution in [3.63, 3.8) is 0 Å². The number of rotatable bonds is 3. The average molecular weight is 259 g/mol. The second-order valence-corrected chi connectivity index (χ2v) is 4.42. The molecule has 1 aromatic carbocycles. The molecule has 0 aliphatic rings. The van der Waals surface area contributed by atoms with E-state index < -0.39 is 31.5 Å². The van der Waals surface area contributed by atoms with Gasteiger partial charge < -0.3 is 9.87 Å². The van der Waals surface area contributed by atoms with E-state index in [0.717, 1.165) is 19.1 Å². The Balaban J connectivity index is 3.42. The van der Waals surface area contributed by atoms with Crippen LogP contribution >= 0.6 is 0 Å². The van der Waals surface area contributed by atoms with E-state index in [-0.39, 0.29) is 5.69 Å². The second kappa shape index (κ2) is 4.47. The van der Waals surface area contributed by atoms with Crippen LogP contribution in [0.2, 0.25) is 0 Å². The molecule has 0 fully saturated rings. The Morgan fingerprint density at radius 1 is 1.41 bits per heavy atom. The zero-order chi connectivity index (χ0) is 13.2. The minimum atomic E-state index is -4.90. The molecule has 8 nitrogen and oxygen atoms in total. The lowest BCUT2D eigenvalue weighted by atomic mass is 10.3. The fourth-order valence-electron chi connectivity index (χ4n) is 1.12. The van der Waals surface area contributed by atoms with Crippen LogP contribution in [0.3, 0.4) is 0 Å². The molecule has 0 unspecified atom stereocenters. The molecular weight excluding hydrogens is 252 g/mol. The monoisotopic (exact) mass is 259 g/mol. The summed E-state index contributed by atoms with van der Waals surface area (Å²) in [6.07, 6.45) is 0. The highest BCUT2D eigenvalue weighted by atomic mass is 32.2. The number of nitrogens with one attached hydrogen (secondary N) is 1. The van der Waals surface area contributed by atoms with Crippen LogP contribution in [-0.4, -0.2) is 23.8 Å². The van der Waals surface area contributed by atoms with Gasteiger partial charge in [0, 0.05) is 19.1 Å². The quantitative estimate of drug-likeness (QED) is 0.476. The van der Waals surface area contributed by atoms with Crippen molar-refractivity contribution in [2.45, 2.75) is 11.8 Å². The summed E-state index contributed by atoms with van der Waals surface area (Å²) >= 11 is 0. The topological polar surface area (TPSA) is 129 Å². The third kappa shape index (κ3) is 3.23. The predicted molar refractivity (Wildman–Crippen MR) is 55.4 cm³/mol. The van der Waals surface area contributed by atoms with Gasteiger partial charge in [0.2, 0.25) is 5.91 Å². The zero-order valence-electron chi connectivity index (χ0n) is 8.54. The van der Waals surface area contributed by atoms with Crippen LogP contribution < -0.4 is 5.32 Å². The van der Waals surface area contributed by atoms with Crippen LogP contribution in [0.25, 0.3) is 0 Å². The van der Waals surface area contributed by atoms with Crippen LogP contribution in [0, 0.1) is 10.1 Å². The van der Waals surface area contributed by atoms with Crippen LogP contribution in [0.4, 0.5) is 11.4 Å². The molecule has 0 aliphatic carbocycles. The molecule has 0 heterocycles. The summed E-state index contributed by atoms with van der Waals surface area (Å²) in [6.45, 7) is 1.11. The van der Waals surface area contributed by atoms with Gasteiger partial charge in [-0.15, -0.1) is 0 Å². The van der Waals surface area contributed by atoms with Crippen molar-refractivity contribution < 1.29 is 22.7 Å². The van der Waals surface area contributed by atoms with E-state index in [1.165, 1.54) is 0 Å². The highest BCUT2D eigenvalue weighted by Crippen LogP contribution is 2.26.